The quantitative estimate of drug-likeness (QED) is 0.307. The molecule has 2 saturated carbocycles. The Morgan fingerprint density at radius 3 is 2.42 bits per heavy atom. The Morgan fingerprint density at radius 1 is 1.18 bits per heavy atom. The predicted molar refractivity (Wildman–Crippen MR) is 144 cm³/mol. The molecule has 6 rings (SSSR count). The van der Waals surface area contributed by atoms with Crippen molar-refractivity contribution < 1.29 is 24.5 Å². The average Bonchev–Trinajstić information content (AvgIpc) is 3.14. The number of esters is 1. The summed E-state index contributed by atoms with van der Waals surface area (Å²) in [5.41, 5.74) is 5.87. The molecule has 1 aromatic carbocycles. The fraction of sp³-hybridized carbons (Fsp3) is 0.613. The van der Waals surface area contributed by atoms with Gasteiger partial charge in [-0.15, -0.1) is 11.6 Å². The highest BCUT2D eigenvalue weighted by Crippen LogP contribution is 2.76. The lowest BCUT2D eigenvalue weighted by molar-refractivity contribution is -0.188. The minimum absolute atomic E-state index is 0.0113. The summed E-state index contributed by atoms with van der Waals surface area (Å²) in [5, 5.41) is 24.2. The van der Waals surface area contributed by atoms with Crippen LogP contribution in [0.25, 0.3) is 0 Å². The van der Waals surface area contributed by atoms with Gasteiger partial charge in [0.1, 0.15) is 17.2 Å². The maximum atomic E-state index is 13.6. The number of Topliss-reactive ketones (excluding diaryl/α,β-unsaturated/α-hetero) is 1. The Labute approximate surface area is 229 Å². The van der Waals surface area contributed by atoms with Crippen molar-refractivity contribution in [3.05, 3.63) is 58.7 Å². The summed E-state index contributed by atoms with van der Waals surface area (Å²) in [6.07, 6.45) is 5.74. The van der Waals surface area contributed by atoms with Crippen molar-refractivity contribution in [3.63, 3.8) is 0 Å². The monoisotopic (exact) mass is 539 g/mol. The third-order valence-corrected chi connectivity index (χ3v) is 11.3. The summed E-state index contributed by atoms with van der Waals surface area (Å²) in [6.45, 7) is 7.78. The maximum Gasteiger partial charge on any atom is 0.323 e. The number of carbonyl (C=O) groups excluding carboxylic acids is 2. The van der Waals surface area contributed by atoms with Gasteiger partial charge < -0.3 is 20.7 Å². The Balaban J connectivity index is 1.32. The number of hydrogen-bond acceptors (Lipinski definition) is 6. The fourth-order valence-electron chi connectivity index (χ4n) is 8.87. The van der Waals surface area contributed by atoms with Gasteiger partial charge in [-0.3, -0.25) is 9.59 Å². The Hall–Kier alpha value is -1.99. The van der Waals surface area contributed by atoms with E-state index in [2.05, 4.69) is 26.0 Å². The van der Waals surface area contributed by atoms with Crippen molar-refractivity contribution in [2.75, 3.05) is 5.88 Å². The van der Waals surface area contributed by atoms with E-state index in [1.807, 2.05) is 25.1 Å². The molecule has 0 bridgehead atoms. The summed E-state index contributed by atoms with van der Waals surface area (Å²) in [7, 11) is 0. The van der Waals surface area contributed by atoms with E-state index in [0.29, 0.717) is 12.0 Å². The summed E-state index contributed by atoms with van der Waals surface area (Å²) in [4.78, 5) is 26.7. The van der Waals surface area contributed by atoms with Crippen LogP contribution < -0.4 is 5.73 Å². The van der Waals surface area contributed by atoms with Gasteiger partial charge >= 0.3 is 5.97 Å². The molecular weight excluding hydrogens is 502 g/mol. The van der Waals surface area contributed by atoms with E-state index < -0.39 is 46.1 Å². The molecule has 0 heterocycles. The first-order valence-electron chi connectivity index (χ1n) is 13.8. The standard InChI is InChI=1S/C31H38ClNO5/c1-16-9-23-29(36,26(16)34)14-18(15-32)10-22-25-28(3,4)30(25,13-17(2)31(22,23)37)38-27(35)24(33)21-11-19-7-5-6-8-20(19)12-21/h5-10,17,21-25,36-37H,11-15,33H2,1-4H3/t17-,22+,23-,24+,25-,29-,30+,31-/m1/s1. The van der Waals surface area contributed by atoms with Crippen LogP contribution in [0.1, 0.15) is 51.7 Å². The van der Waals surface area contributed by atoms with Crippen LogP contribution in [0.15, 0.2) is 47.6 Å². The Morgan fingerprint density at radius 2 is 1.82 bits per heavy atom. The normalized spacial score (nSPS) is 41.6. The zero-order chi connectivity index (χ0) is 27.4. The Kier molecular flexibility index (Phi) is 5.71. The number of benzene rings is 1. The second-order valence-corrected chi connectivity index (χ2v) is 13.5. The number of rotatable bonds is 4. The van der Waals surface area contributed by atoms with Crippen LogP contribution in [0.2, 0.25) is 0 Å². The number of aliphatic hydroxyl groups is 2. The predicted octanol–water partition coefficient (Wildman–Crippen LogP) is 3.50. The first-order chi connectivity index (χ1) is 17.8. The molecule has 0 aliphatic heterocycles. The minimum atomic E-state index is -1.72. The summed E-state index contributed by atoms with van der Waals surface area (Å²) < 4.78 is 6.41. The third kappa shape index (κ3) is 3.24. The number of fused-ring (bicyclic) bond motifs is 6. The molecule has 0 spiro atoms. The first kappa shape index (κ1) is 26.2. The number of nitrogens with two attached hydrogens (primary N) is 1. The van der Waals surface area contributed by atoms with Crippen LogP contribution in [0.4, 0.5) is 0 Å². The van der Waals surface area contributed by atoms with Crippen molar-refractivity contribution in [2.24, 2.45) is 40.7 Å². The number of carbonyl (C=O) groups is 2. The van der Waals surface area contributed by atoms with E-state index >= 15 is 0 Å². The van der Waals surface area contributed by atoms with Crippen LogP contribution in [0.3, 0.4) is 0 Å². The summed E-state index contributed by atoms with van der Waals surface area (Å²) in [6, 6.07) is 7.46. The summed E-state index contributed by atoms with van der Waals surface area (Å²) >= 11 is 6.32. The molecule has 0 aromatic heterocycles. The average molecular weight is 540 g/mol. The molecule has 4 N–H and O–H groups in total. The second kappa shape index (κ2) is 8.26. The largest absolute Gasteiger partial charge is 0.457 e. The highest BCUT2D eigenvalue weighted by atomic mass is 35.5. The van der Waals surface area contributed by atoms with E-state index in [-0.39, 0.29) is 35.8 Å². The lowest BCUT2D eigenvalue weighted by atomic mass is 9.60. The SMILES string of the molecule is CC1=C[C@H]2[C@@]3(O)[C@H](C)C[C@]4(OC(=O)[C@@H](N)C5Cc6ccccc6C5)[C@H]([C@@H]3C=C(CCl)C[C@]2(O)C1=O)C4(C)C. The summed E-state index contributed by atoms with van der Waals surface area (Å²) in [5.74, 6) is -2.36. The number of alkyl halides is 1. The van der Waals surface area contributed by atoms with Crippen molar-refractivity contribution >= 4 is 23.4 Å². The third-order valence-electron chi connectivity index (χ3n) is 11.0. The van der Waals surface area contributed by atoms with Gasteiger partial charge in [0, 0.05) is 35.5 Å². The van der Waals surface area contributed by atoms with Crippen LogP contribution >= 0.6 is 11.6 Å². The zero-order valence-electron chi connectivity index (χ0n) is 22.5. The fourth-order valence-corrected chi connectivity index (χ4v) is 9.05. The van der Waals surface area contributed by atoms with Gasteiger partial charge in [0.05, 0.1) is 5.60 Å². The molecule has 5 aliphatic rings. The van der Waals surface area contributed by atoms with Crippen LogP contribution in [0.5, 0.6) is 0 Å². The van der Waals surface area contributed by atoms with Crippen molar-refractivity contribution in [2.45, 2.75) is 76.2 Å². The smallest absolute Gasteiger partial charge is 0.323 e. The zero-order valence-corrected chi connectivity index (χ0v) is 23.3. The van der Waals surface area contributed by atoms with E-state index in [4.69, 9.17) is 22.1 Å². The lowest BCUT2D eigenvalue weighted by Gasteiger charge is -2.50. The number of ketones is 1. The van der Waals surface area contributed by atoms with Crippen molar-refractivity contribution in [3.8, 4) is 0 Å². The van der Waals surface area contributed by atoms with E-state index in [0.717, 1.165) is 18.4 Å². The van der Waals surface area contributed by atoms with Gasteiger partial charge in [0.2, 0.25) is 0 Å². The highest BCUT2D eigenvalue weighted by molar-refractivity contribution is 6.19. The van der Waals surface area contributed by atoms with Gasteiger partial charge in [-0.1, -0.05) is 62.8 Å². The maximum absolute atomic E-state index is 13.6. The molecule has 204 valence electrons. The molecule has 7 heteroatoms. The number of ether oxygens (including phenoxy) is 1. The molecule has 0 radical (unpaired) electrons. The number of halogens is 1. The molecule has 8 atom stereocenters. The van der Waals surface area contributed by atoms with E-state index in [1.165, 1.54) is 11.1 Å². The van der Waals surface area contributed by atoms with Crippen molar-refractivity contribution in [1.29, 1.82) is 0 Å². The number of hydrogen-bond donors (Lipinski definition) is 3. The molecule has 6 nitrogen and oxygen atoms in total. The molecule has 5 aliphatic carbocycles. The van der Waals surface area contributed by atoms with Crippen LogP contribution in [-0.2, 0) is 27.2 Å². The first-order valence-corrected chi connectivity index (χ1v) is 14.3. The molecule has 0 unspecified atom stereocenters. The van der Waals surface area contributed by atoms with Crippen molar-refractivity contribution in [1.82, 2.24) is 0 Å². The van der Waals surface area contributed by atoms with Gasteiger partial charge in [-0.25, -0.2) is 0 Å². The second-order valence-electron chi connectivity index (χ2n) is 13.2. The van der Waals surface area contributed by atoms with Gasteiger partial charge in [0.25, 0.3) is 0 Å². The van der Waals surface area contributed by atoms with Crippen LogP contribution in [0, 0.1) is 35.0 Å². The molecule has 0 amide bonds. The topological polar surface area (TPSA) is 110 Å². The van der Waals surface area contributed by atoms with Gasteiger partial charge in [0.15, 0.2) is 5.78 Å². The molecule has 0 saturated heterocycles. The Bertz CT molecular complexity index is 1260. The molecule has 2 fully saturated rings. The molecular formula is C31H38ClNO5. The lowest BCUT2D eigenvalue weighted by Crippen LogP contribution is -2.61. The van der Waals surface area contributed by atoms with Gasteiger partial charge in [-0.05, 0) is 54.7 Å². The van der Waals surface area contributed by atoms with E-state index in [1.54, 1.807) is 13.0 Å². The van der Waals surface area contributed by atoms with Gasteiger partial charge in [-0.2, -0.15) is 0 Å². The minimum Gasteiger partial charge on any atom is -0.457 e. The van der Waals surface area contributed by atoms with E-state index in [9.17, 15) is 19.8 Å². The molecule has 38 heavy (non-hydrogen) atoms. The molecule has 1 aromatic rings. The van der Waals surface area contributed by atoms with Crippen LogP contribution in [-0.4, -0.2) is 50.7 Å². The highest BCUT2D eigenvalue weighted by Gasteiger charge is 2.83.